The highest BCUT2D eigenvalue weighted by atomic mass is 35.5. The summed E-state index contributed by atoms with van der Waals surface area (Å²) in [4.78, 5) is 55.0. The van der Waals surface area contributed by atoms with Crippen LogP contribution in [-0.4, -0.2) is 74.2 Å². The van der Waals surface area contributed by atoms with Crippen LogP contribution in [0.25, 0.3) is 0 Å². The van der Waals surface area contributed by atoms with Gasteiger partial charge in [-0.3, -0.25) is 9.59 Å². The van der Waals surface area contributed by atoms with Gasteiger partial charge in [0, 0.05) is 12.4 Å². The number of esters is 2. The van der Waals surface area contributed by atoms with E-state index in [-0.39, 0.29) is 11.4 Å². The zero-order chi connectivity index (χ0) is 59.5. The van der Waals surface area contributed by atoms with Crippen molar-refractivity contribution in [1.82, 2.24) is 9.97 Å². The number of aromatic nitrogens is 2. The Morgan fingerprint density at radius 1 is 0.532 bits per heavy atom. The number of hydrogen-bond donors (Lipinski definition) is 2. The van der Waals surface area contributed by atoms with Gasteiger partial charge in [-0.05, 0) is 109 Å². The molecule has 0 saturated carbocycles. The number of alkyl halides is 12. The summed E-state index contributed by atoms with van der Waals surface area (Å²) in [5.41, 5.74) is 0.891. The lowest BCUT2D eigenvalue weighted by molar-refractivity contribution is -0.276. The van der Waals surface area contributed by atoms with Gasteiger partial charge >= 0.3 is 37.0 Å². The van der Waals surface area contributed by atoms with E-state index in [9.17, 15) is 80.6 Å². The third-order valence-corrected chi connectivity index (χ3v) is 10.1. The molecule has 424 valence electrons. The summed E-state index contributed by atoms with van der Waals surface area (Å²) in [7, 11) is 4.23. The highest BCUT2D eigenvalue weighted by Gasteiger charge is 2.38. The number of rotatable bonds is 13. The number of benzene rings is 4. The molecular formula is C48H35ClF14N4O12. The number of carbonyl (C=O) groups is 4. The first-order valence-corrected chi connectivity index (χ1v) is 21.4. The van der Waals surface area contributed by atoms with Gasteiger partial charge in [0.05, 0.1) is 61.8 Å². The molecule has 2 heterocycles. The number of nitrogen functional groups attached to an aromatic ring is 1. The molecule has 6 rings (SSSR count). The van der Waals surface area contributed by atoms with E-state index in [0.717, 1.165) is 71.7 Å². The summed E-state index contributed by atoms with van der Waals surface area (Å²) in [5.74, 6) is -11.8. The molecule has 0 saturated heterocycles. The third kappa shape index (κ3) is 16.6. The first kappa shape index (κ1) is 62.7. The number of nitrogens with zero attached hydrogens (tertiary/aromatic N) is 2. The van der Waals surface area contributed by atoms with Crippen molar-refractivity contribution in [2.75, 3.05) is 39.5 Å². The average Bonchev–Trinajstić information content (AvgIpc) is 3.44. The first-order valence-electron chi connectivity index (χ1n) is 21.0. The molecule has 0 bridgehead atoms. The van der Waals surface area contributed by atoms with Crippen LogP contribution in [0.3, 0.4) is 0 Å². The van der Waals surface area contributed by atoms with Gasteiger partial charge in [0.25, 0.3) is 11.1 Å². The number of nitrogens with two attached hydrogens (primary N) is 1. The third-order valence-electron chi connectivity index (χ3n) is 9.86. The molecule has 0 fully saturated rings. The van der Waals surface area contributed by atoms with E-state index in [1.165, 1.54) is 25.4 Å². The lowest BCUT2D eigenvalue weighted by Crippen LogP contribution is -2.19. The molecule has 16 nitrogen and oxygen atoms in total. The van der Waals surface area contributed by atoms with Gasteiger partial charge in [0.2, 0.25) is 23.1 Å². The van der Waals surface area contributed by atoms with Crippen LogP contribution in [0.15, 0.2) is 85.2 Å². The molecule has 3 N–H and O–H groups in total. The molecule has 31 heteroatoms. The molecule has 0 aliphatic rings. The van der Waals surface area contributed by atoms with Crippen molar-refractivity contribution >= 4 is 46.3 Å². The standard InChI is InChI=1S/C24H17F7N2O6.C17H10ClF7O4.C7H8N2O2/c1-11-13(23(26,27)28)4-5-14(18(11)21(34)33-17-10-12(8-9-32-17)22(35)37-3)38-16-7-6-15(39-24(29,30)31)19(25)20(16)36-2;1-7-8(16(20,21)22)3-4-9(12(7)15(18)26)28-11-6-5-10(29-17(23,24)25)13(19)14(11)27-2;1-11-7(10)5-2-3-9-6(8)4-5/h4-10H,1-3H3,(H,32,33,34);3-6H,1-2H3;2-4H,1H3,(H2,8,9). The van der Waals surface area contributed by atoms with Crippen LogP contribution < -0.4 is 39.5 Å². The Hall–Kier alpha value is -8.83. The van der Waals surface area contributed by atoms with E-state index < -0.39 is 139 Å². The van der Waals surface area contributed by atoms with E-state index >= 15 is 0 Å². The number of halogens is 15. The number of amides is 1. The zero-order valence-electron chi connectivity index (χ0n) is 40.6. The molecule has 0 aliphatic heterocycles. The second kappa shape index (κ2) is 25.5. The van der Waals surface area contributed by atoms with Crippen molar-refractivity contribution in [1.29, 1.82) is 0 Å². The lowest BCUT2D eigenvalue weighted by Gasteiger charge is -2.19. The van der Waals surface area contributed by atoms with Gasteiger partial charge in [0.15, 0.2) is 23.0 Å². The Kier molecular flexibility index (Phi) is 20.3. The molecule has 2 aromatic heterocycles. The smallest absolute Gasteiger partial charge is 0.490 e. The first-order chi connectivity index (χ1) is 36.7. The normalized spacial score (nSPS) is 11.4. The lowest BCUT2D eigenvalue weighted by atomic mass is 10.00. The van der Waals surface area contributed by atoms with E-state index in [1.807, 2.05) is 0 Å². The van der Waals surface area contributed by atoms with Crippen LogP contribution in [0.1, 0.15) is 63.7 Å². The summed E-state index contributed by atoms with van der Waals surface area (Å²) in [6, 6.07) is 10.9. The highest BCUT2D eigenvalue weighted by Crippen LogP contribution is 2.45. The zero-order valence-corrected chi connectivity index (χ0v) is 41.4. The van der Waals surface area contributed by atoms with E-state index in [4.69, 9.17) is 31.5 Å². The van der Waals surface area contributed by atoms with Gasteiger partial charge in [-0.15, -0.1) is 26.3 Å². The predicted octanol–water partition coefficient (Wildman–Crippen LogP) is 13.0. The quantitative estimate of drug-likeness (QED) is 0.0627. The minimum absolute atomic E-state index is 0.0265. The largest absolute Gasteiger partial charge is 0.573 e. The van der Waals surface area contributed by atoms with E-state index in [2.05, 4.69) is 39.0 Å². The molecule has 0 atom stereocenters. The van der Waals surface area contributed by atoms with Gasteiger partial charge in [-0.2, -0.15) is 35.1 Å². The molecule has 6 aromatic rings. The topological polar surface area (TPSA) is 206 Å². The molecule has 0 spiro atoms. The summed E-state index contributed by atoms with van der Waals surface area (Å²) in [5, 5.41) is 0.951. The van der Waals surface area contributed by atoms with Crippen molar-refractivity contribution in [2.24, 2.45) is 0 Å². The van der Waals surface area contributed by atoms with Gasteiger partial charge in [-0.25, -0.2) is 19.6 Å². The van der Waals surface area contributed by atoms with Crippen LogP contribution in [0, 0.1) is 25.5 Å². The minimum atomic E-state index is -5.23. The highest BCUT2D eigenvalue weighted by molar-refractivity contribution is 6.68. The Bertz CT molecular complexity index is 3230. The maximum Gasteiger partial charge on any atom is 0.573 e. The number of hydrogen-bond acceptors (Lipinski definition) is 15. The monoisotopic (exact) mass is 1160 g/mol. The van der Waals surface area contributed by atoms with Crippen LogP contribution >= 0.6 is 11.6 Å². The number of nitrogens with one attached hydrogen (secondary N) is 1. The van der Waals surface area contributed by atoms with Crippen molar-refractivity contribution in [3.63, 3.8) is 0 Å². The van der Waals surface area contributed by atoms with Crippen molar-refractivity contribution in [2.45, 2.75) is 38.9 Å². The van der Waals surface area contributed by atoms with E-state index in [0.29, 0.717) is 35.6 Å². The number of anilines is 2. The molecule has 0 radical (unpaired) electrons. The average molecular weight is 1160 g/mol. The van der Waals surface area contributed by atoms with Gasteiger partial charge < -0.3 is 48.9 Å². The van der Waals surface area contributed by atoms with Gasteiger partial charge in [-0.1, -0.05) is 0 Å². The van der Waals surface area contributed by atoms with Crippen LogP contribution in [0.5, 0.6) is 46.0 Å². The minimum Gasteiger partial charge on any atom is -0.490 e. The molecule has 1 amide bonds. The van der Waals surface area contributed by atoms with E-state index in [1.54, 1.807) is 6.07 Å². The second-order valence-corrected chi connectivity index (χ2v) is 15.3. The van der Waals surface area contributed by atoms with Crippen molar-refractivity contribution in [3.05, 3.63) is 141 Å². The SMILES string of the molecule is COC(=O)c1ccnc(N)c1.COC(=O)c1ccnc(NC(=O)c2c(Oc3ccc(OC(F)(F)F)c(F)c3OC)ccc(C(F)(F)F)c2C)c1.COc1c(Oc2ccc(C(F)(F)F)c(C)c2C(=O)Cl)ccc(OC(F)(F)F)c1F. The summed E-state index contributed by atoms with van der Waals surface area (Å²) >= 11 is 5.37. The molecule has 79 heavy (non-hydrogen) atoms. The van der Waals surface area contributed by atoms with Crippen LogP contribution in [0.2, 0.25) is 0 Å². The van der Waals surface area contributed by atoms with Crippen molar-refractivity contribution < 1.29 is 119 Å². The molecule has 0 unspecified atom stereocenters. The molecule has 0 aliphatic carbocycles. The van der Waals surface area contributed by atoms with Crippen molar-refractivity contribution in [3.8, 4) is 46.0 Å². The Labute approximate surface area is 439 Å². The van der Waals surface area contributed by atoms with Gasteiger partial charge in [0.1, 0.15) is 23.1 Å². The Morgan fingerprint density at radius 3 is 1.29 bits per heavy atom. The number of pyridine rings is 2. The summed E-state index contributed by atoms with van der Waals surface area (Å²) in [6.07, 6.45) is -17.5. The maximum atomic E-state index is 14.6. The fourth-order valence-electron chi connectivity index (χ4n) is 6.53. The molecule has 4 aromatic carbocycles. The predicted molar refractivity (Wildman–Crippen MR) is 245 cm³/mol. The Balaban J connectivity index is 0.000000293. The fourth-order valence-corrected chi connectivity index (χ4v) is 6.76. The summed E-state index contributed by atoms with van der Waals surface area (Å²) in [6.45, 7) is 1.95. The Morgan fingerprint density at radius 2 is 0.911 bits per heavy atom. The second-order valence-electron chi connectivity index (χ2n) is 14.9. The molecular weight excluding hydrogens is 1130 g/mol. The summed E-state index contributed by atoms with van der Waals surface area (Å²) < 4.78 is 220. The van der Waals surface area contributed by atoms with Crippen LogP contribution in [0.4, 0.5) is 73.1 Å². The number of methoxy groups -OCH3 is 4. The fraction of sp³-hybridized carbons (Fsp3) is 0.208. The number of carbonyl (C=O) groups excluding carboxylic acids is 4. The number of ether oxygens (including phenoxy) is 8. The maximum absolute atomic E-state index is 14.6. The van der Waals surface area contributed by atoms with Crippen LogP contribution in [-0.2, 0) is 21.8 Å².